The molecule has 0 aliphatic heterocycles. The number of hydrogen-bond acceptors (Lipinski definition) is 5. The molecular weight excluding hydrogens is 276 g/mol. The van der Waals surface area contributed by atoms with Gasteiger partial charge in [-0.05, 0) is 0 Å². The molecule has 1 atom stereocenters. The van der Waals surface area contributed by atoms with Gasteiger partial charge in [0.05, 0.1) is 6.61 Å². The smallest absolute Gasteiger partial charge is 0.328 e. The molecule has 2 aromatic rings. The molecule has 0 bridgehead atoms. The second-order valence-corrected chi connectivity index (χ2v) is 4.26. The molecule has 0 spiro atoms. The maximum absolute atomic E-state index is 11.9. The van der Waals surface area contributed by atoms with Gasteiger partial charge in [-0.15, -0.1) is 0 Å². The molecule has 110 valence electrons. The molecule has 1 unspecified atom stereocenters. The standard InChI is InChI=1S/C14H14N2O5/c1-20-8-11(14(18)19)15-13(17)10-7-12(21-16-10)9-5-3-2-4-6-9/h2-7,11H,8H2,1H3,(H,15,17)(H,18,19). The highest BCUT2D eigenvalue weighted by molar-refractivity contribution is 5.95. The Hall–Kier alpha value is -2.67. The van der Waals surface area contributed by atoms with Crippen LogP contribution in [0.15, 0.2) is 40.9 Å². The number of ether oxygens (including phenoxy) is 1. The van der Waals surface area contributed by atoms with E-state index in [1.54, 1.807) is 0 Å². The molecule has 2 rings (SSSR count). The summed E-state index contributed by atoms with van der Waals surface area (Å²) in [4.78, 5) is 22.9. The monoisotopic (exact) mass is 290 g/mol. The first-order valence-corrected chi connectivity index (χ1v) is 6.16. The van der Waals surface area contributed by atoms with Crippen molar-refractivity contribution in [2.75, 3.05) is 13.7 Å². The van der Waals surface area contributed by atoms with Crippen LogP contribution in [0.2, 0.25) is 0 Å². The van der Waals surface area contributed by atoms with Crippen molar-refractivity contribution >= 4 is 11.9 Å². The number of aliphatic carboxylic acids is 1. The van der Waals surface area contributed by atoms with E-state index in [4.69, 9.17) is 14.4 Å². The zero-order valence-electron chi connectivity index (χ0n) is 11.3. The second kappa shape index (κ2) is 6.67. The number of carbonyl (C=O) groups is 2. The van der Waals surface area contributed by atoms with Crippen molar-refractivity contribution in [3.05, 3.63) is 42.1 Å². The van der Waals surface area contributed by atoms with Gasteiger partial charge in [0.1, 0.15) is 0 Å². The molecule has 1 amide bonds. The van der Waals surface area contributed by atoms with Crippen LogP contribution < -0.4 is 5.32 Å². The highest BCUT2D eigenvalue weighted by Gasteiger charge is 2.22. The third-order valence-corrected chi connectivity index (χ3v) is 2.74. The summed E-state index contributed by atoms with van der Waals surface area (Å²) in [5.74, 6) is -1.39. The third-order valence-electron chi connectivity index (χ3n) is 2.74. The molecule has 2 N–H and O–H groups in total. The summed E-state index contributed by atoms with van der Waals surface area (Å²) in [7, 11) is 1.35. The van der Waals surface area contributed by atoms with Crippen LogP contribution in [0.5, 0.6) is 0 Å². The predicted octanol–water partition coefficient (Wildman–Crippen LogP) is 1.17. The highest BCUT2D eigenvalue weighted by Crippen LogP contribution is 2.19. The Kier molecular flexibility index (Phi) is 4.68. The summed E-state index contributed by atoms with van der Waals surface area (Å²) < 4.78 is 9.82. The quantitative estimate of drug-likeness (QED) is 0.828. The Morgan fingerprint density at radius 2 is 2.10 bits per heavy atom. The summed E-state index contributed by atoms with van der Waals surface area (Å²) in [6.45, 7) is -0.134. The maximum Gasteiger partial charge on any atom is 0.328 e. The minimum atomic E-state index is -1.18. The lowest BCUT2D eigenvalue weighted by Crippen LogP contribution is -2.43. The summed E-state index contributed by atoms with van der Waals surface area (Å²) in [6, 6.07) is 9.46. The van der Waals surface area contributed by atoms with Gasteiger partial charge in [0, 0.05) is 18.7 Å². The molecule has 1 aromatic carbocycles. The molecule has 0 aliphatic rings. The number of rotatable bonds is 6. The summed E-state index contributed by atoms with van der Waals surface area (Å²) in [5, 5.41) is 14.9. The summed E-state index contributed by atoms with van der Waals surface area (Å²) >= 11 is 0. The van der Waals surface area contributed by atoms with E-state index < -0.39 is 17.9 Å². The van der Waals surface area contributed by atoms with Crippen molar-refractivity contribution in [3.8, 4) is 11.3 Å². The van der Waals surface area contributed by atoms with Gasteiger partial charge >= 0.3 is 5.97 Å². The normalized spacial score (nSPS) is 11.9. The van der Waals surface area contributed by atoms with Gasteiger partial charge in [-0.2, -0.15) is 0 Å². The zero-order valence-corrected chi connectivity index (χ0v) is 11.3. The molecule has 0 aliphatic carbocycles. The van der Waals surface area contributed by atoms with Crippen LogP contribution in [0.4, 0.5) is 0 Å². The average Bonchev–Trinajstić information content (AvgIpc) is 2.97. The molecule has 7 nitrogen and oxygen atoms in total. The molecule has 0 radical (unpaired) electrons. The number of carboxylic acid groups (broad SMARTS) is 1. The Morgan fingerprint density at radius 1 is 1.38 bits per heavy atom. The van der Waals surface area contributed by atoms with E-state index >= 15 is 0 Å². The van der Waals surface area contributed by atoms with Gasteiger partial charge in [0.15, 0.2) is 17.5 Å². The number of amides is 1. The molecule has 7 heteroatoms. The topological polar surface area (TPSA) is 102 Å². The molecule has 0 saturated heterocycles. The van der Waals surface area contributed by atoms with Crippen molar-refractivity contribution in [1.29, 1.82) is 0 Å². The Morgan fingerprint density at radius 3 is 2.71 bits per heavy atom. The van der Waals surface area contributed by atoms with Crippen LogP contribution in [-0.4, -0.2) is 41.9 Å². The largest absolute Gasteiger partial charge is 0.480 e. The van der Waals surface area contributed by atoms with E-state index in [-0.39, 0.29) is 12.3 Å². The first-order chi connectivity index (χ1) is 10.1. The minimum absolute atomic E-state index is 0.0104. The number of carboxylic acids is 1. The number of hydrogen-bond donors (Lipinski definition) is 2. The number of carbonyl (C=O) groups excluding carboxylic acids is 1. The van der Waals surface area contributed by atoms with Gasteiger partial charge in [-0.1, -0.05) is 35.5 Å². The SMILES string of the molecule is COCC(NC(=O)c1cc(-c2ccccc2)on1)C(=O)O. The first kappa shape index (κ1) is 14.7. The molecule has 1 aromatic heterocycles. The van der Waals surface area contributed by atoms with Gasteiger partial charge in [0.25, 0.3) is 5.91 Å². The van der Waals surface area contributed by atoms with Crippen LogP contribution in [0, 0.1) is 0 Å². The van der Waals surface area contributed by atoms with Crippen molar-refractivity contribution in [1.82, 2.24) is 10.5 Å². The van der Waals surface area contributed by atoms with Crippen LogP contribution in [0.25, 0.3) is 11.3 Å². The number of aromatic nitrogens is 1. The van der Waals surface area contributed by atoms with Crippen molar-refractivity contribution < 1.29 is 24.0 Å². The Labute approximate surface area is 120 Å². The van der Waals surface area contributed by atoms with E-state index in [0.29, 0.717) is 5.76 Å². The lowest BCUT2D eigenvalue weighted by molar-refractivity contribution is -0.140. The van der Waals surface area contributed by atoms with Crippen molar-refractivity contribution in [2.24, 2.45) is 0 Å². The van der Waals surface area contributed by atoms with Crippen LogP contribution in [-0.2, 0) is 9.53 Å². The fourth-order valence-electron chi connectivity index (χ4n) is 1.69. The summed E-state index contributed by atoms with van der Waals surface area (Å²) in [6.07, 6.45) is 0. The van der Waals surface area contributed by atoms with E-state index in [9.17, 15) is 9.59 Å². The van der Waals surface area contributed by atoms with E-state index in [1.807, 2.05) is 30.3 Å². The fourth-order valence-corrected chi connectivity index (χ4v) is 1.69. The minimum Gasteiger partial charge on any atom is -0.480 e. The molecule has 1 heterocycles. The lowest BCUT2D eigenvalue weighted by Gasteiger charge is -2.11. The van der Waals surface area contributed by atoms with Gasteiger partial charge in [0.2, 0.25) is 0 Å². The second-order valence-electron chi connectivity index (χ2n) is 4.26. The van der Waals surface area contributed by atoms with Crippen LogP contribution >= 0.6 is 0 Å². The first-order valence-electron chi connectivity index (χ1n) is 6.16. The maximum atomic E-state index is 11.9. The molecule has 0 fully saturated rings. The third kappa shape index (κ3) is 3.67. The van der Waals surface area contributed by atoms with Gasteiger partial charge in [-0.3, -0.25) is 4.79 Å². The molecule has 0 saturated carbocycles. The summed E-state index contributed by atoms with van der Waals surface area (Å²) in [5.41, 5.74) is 0.784. The van der Waals surface area contributed by atoms with E-state index in [0.717, 1.165) is 5.56 Å². The average molecular weight is 290 g/mol. The lowest BCUT2D eigenvalue weighted by atomic mass is 10.1. The van der Waals surface area contributed by atoms with Gasteiger partial charge < -0.3 is 19.7 Å². The number of benzene rings is 1. The Bertz CT molecular complexity index is 623. The molecule has 21 heavy (non-hydrogen) atoms. The highest BCUT2D eigenvalue weighted by atomic mass is 16.5. The zero-order chi connectivity index (χ0) is 15.2. The Balaban J connectivity index is 2.10. The number of nitrogens with zero attached hydrogens (tertiary/aromatic N) is 1. The fraction of sp³-hybridized carbons (Fsp3) is 0.214. The number of nitrogens with one attached hydrogen (secondary N) is 1. The van der Waals surface area contributed by atoms with Crippen LogP contribution in [0.3, 0.4) is 0 Å². The van der Waals surface area contributed by atoms with E-state index in [2.05, 4.69) is 10.5 Å². The van der Waals surface area contributed by atoms with E-state index in [1.165, 1.54) is 13.2 Å². The van der Waals surface area contributed by atoms with Crippen molar-refractivity contribution in [2.45, 2.75) is 6.04 Å². The molecular formula is C14H14N2O5. The van der Waals surface area contributed by atoms with Crippen molar-refractivity contribution in [3.63, 3.8) is 0 Å². The predicted molar refractivity (Wildman–Crippen MR) is 72.7 cm³/mol. The van der Waals surface area contributed by atoms with Gasteiger partial charge in [-0.25, -0.2) is 4.79 Å². The number of methoxy groups -OCH3 is 1. The van der Waals surface area contributed by atoms with Crippen LogP contribution in [0.1, 0.15) is 10.5 Å².